The van der Waals surface area contributed by atoms with E-state index in [9.17, 15) is 32.7 Å². The van der Waals surface area contributed by atoms with Crippen LogP contribution in [0.5, 0.6) is 17.2 Å². The van der Waals surface area contributed by atoms with Crippen LogP contribution in [-0.2, 0) is 30.8 Å². The third-order valence-corrected chi connectivity index (χ3v) is 10.8. The van der Waals surface area contributed by atoms with E-state index in [1.807, 2.05) is 0 Å². The molecule has 0 spiro atoms. The monoisotopic (exact) mass is 730 g/mol. The number of allylic oxidation sites excluding steroid dienone is 2. The number of halogens is 5. The largest absolute Gasteiger partial charge is 0.508 e. The molecule has 2 saturated heterocycles. The van der Waals surface area contributed by atoms with E-state index in [1.54, 1.807) is 30.3 Å². The van der Waals surface area contributed by atoms with Crippen molar-refractivity contribution >= 4 is 52.6 Å². The van der Waals surface area contributed by atoms with Gasteiger partial charge in [-0.3, -0.25) is 29.9 Å². The number of nitrogens with one attached hydrogen (secondary N) is 2. The number of hydrogen-bond acceptors (Lipinski definition) is 9. The zero-order chi connectivity index (χ0) is 35.9. The average molecular weight is 732 g/mol. The Kier molecular flexibility index (Phi) is 8.02. The predicted molar refractivity (Wildman–Crippen MR) is 171 cm³/mol. The van der Waals surface area contributed by atoms with Gasteiger partial charge in [0.15, 0.2) is 5.82 Å². The van der Waals surface area contributed by atoms with Crippen molar-refractivity contribution in [1.82, 2.24) is 15.3 Å². The highest BCUT2D eigenvalue weighted by molar-refractivity contribution is 6.33. The number of anilines is 1. The number of rotatable bonds is 6. The summed E-state index contributed by atoms with van der Waals surface area (Å²) in [4.78, 5) is 59.9. The van der Waals surface area contributed by atoms with Gasteiger partial charge in [0.05, 0.1) is 48.0 Å². The van der Waals surface area contributed by atoms with Crippen LogP contribution in [0.2, 0.25) is 10.0 Å². The number of phenols is 1. The molecule has 7 rings (SSSR count). The Morgan fingerprint density at radius 1 is 1.00 bits per heavy atom. The van der Waals surface area contributed by atoms with Crippen molar-refractivity contribution in [3.05, 3.63) is 87.0 Å². The molecule has 0 bridgehead atoms. The SMILES string of the molecule is COc1cc(O)cc(OC)c1[C@H]1C2=CC[C@@H]3C(=O)NC(=O)[C@@H]3[C@@H]2C[C@H]2C(=O)N(Nc3ncc(C(F)(F)F)cc3Cl)C(=O)[C@@]12c1ccc(Cl)cc1. The Balaban J connectivity index is 1.49. The maximum absolute atomic E-state index is 15.2. The average Bonchev–Trinajstić information content (AvgIpc) is 3.48. The number of nitrogens with zero attached hydrogens (tertiary/aromatic N) is 2. The third-order valence-electron chi connectivity index (χ3n) is 10.2. The number of pyridine rings is 1. The number of fused-ring (bicyclic) bond motifs is 4. The second-order valence-corrected chi connectivity index (χ2v) is 13.4. The van der Waals surface area contributed by atoms with Crippen molar-refractivity contribution in [3.8, 4) is 17.2 Å². The van der Waals surface area contributed by atoms with E-state index in [0.717, 1.165) is 0 Å². The molecule has 1 aromatic heterocycles. The fourth-order valence-electron chi connectivity index (χ4n) is 8.22. The molecule has 2 aliphatic carbocycles. The van der Waals surface area contributed by atoms with Crippen molar-refractivity contribution in [3.63, 3.8) is 0 Å². The minimum absolute atomic E-state index is 0.0630. The van der Waals surface area contributed by atoms with E-state index < -0.39 is 75.4 Å². The Morgan fingerprint density at radius 2 is 1.66 bits per heavy atom. The van der Waals surface area contributed by atoms with Crippen LogP contribution in [0.3, 0.4) is 0 Å². The number of ether oxygens (including phenoxy) is 2. The first-order valence-electron chi connectivity index (χ1n) is 15.4. The molecule has 260 valence electrons. The van der Waals surface area contributed by atoms with Crippen LogP contribution in [-0.4, -0.2) is 52.9 Å². The van der Waals surface area contributed by atoms with Crippen LogP contribution in [0, 0.1) is 23.7 Å². The summed E-state index contributed by atoms with van der Waals surface area (Å²) in [5.74, 6) is -7.57. The number of aromatic nitrogens is 1. The van der Waals surface area contributed by atoms with Crippen molar-refractivity contribution in [2.75, 3.05) is 19.6 Å². The van der Waals surface area contributed by atoms with E-state index in [2.05, 4.69) is 15.7 Å². The Labute approximate surface area is 292 Å². The molecule has 6 atom stereocenters. The number of hydrazine groups is 1. The van der Waals surface area contributed by atoms with Gasteiger partial charge >= 0.3 is 6.18 Å². The lowest BCUT2D eigenvalue weighted by Crippen LogP contribution is -2.53. The van der Waals surface area contributed by atoms with Gasteiger partial charge in [0, 0.05) is 34.8 Å². The topological polar surface area (TPSA) is 147 Å². The molecule has 11 nitrogen and oxygen atoms in total. The minimum atomic E-state index is -4.76. The lowest BCUT2D eigenvalue weighted by molar-refractivity contribution is -0.139. The number of carbonyl (C=O) groups excluding carboxylic acids is 4. The summed E-state index contributed by atoms with van der Waals surface area (Å²) in [5.41, 5.74) is 0.805. The number of imide groups is 2. The number of methoxy groups -OCH3 is 2. The first-order chi connectivity index (χ1) is 23.7. The normalized spacial score (nSPS) is 27.3. The zero-order valence-electron chi connectivity index (χ0n) is 26.2. The molecule has 50 heavy (non-hydrogen) atoms. The van der Waals surface area contributed by atoms with Gasteiger partial charge in [0.25, 0.3) is 11.8 Å². The van der Waals surface area contributed by atoms with Crippen molar-refractivity contribution in [2.24, 2.45) is 23.7 Å². The van der Waals surface area contributed by atoms with Gasteiger partial charge < -0.3 is 14.6 Å². The summed E-state index contributed by atoms with van der Waals surface area (Å²) in [5, 5.41) is 13.5. The number of benzene rings is 2. The Hall–Kier alpha value is -4.82. The minimum Gasteiger partial charge on any atom is -0.508 e. The zero-order valence-corrected chi connectivity index (χ0v) is 27.7. The molecule has 0 unspecified atom stereocenters. The Bertz CT molecular complexity index is 1980. The van der Waals surface area contributed by atoms with Gasteiger partial charge in [-0.15, -0.1) is 0 Å². The quantitative estimate of drug-likeness (QED) is 0.224. The van der Waals surface area contributed by atoms with Crippen molar-refractivity contribution < 1.29 is 46.9 Å². The molecular weight excluding hydrogens is 704 g/mol. The van der Waals surface area contributed by atoms with Gasteiger partial charge in [-0.1, -0.05) is 47.0 Å². The summed E-state index contributed by atoms with van der Waals surface area (Å²) in [6.45, 7) is 0. The molecule has 2 aromatic carbocycles. The lowest BCUT2D eigenvalue weighted by Gasteiger charge is -2.51. The maximum atomic E-state index is 15.2. The molecule has 4 aliphatic rings. The van der Waals surface area contributed by atoms with E-state index in [4.69, 9.17) is 32.7 Å². The Morgan fingerprint density at radius 3 is 2.26 bits per heavy atom. The van der Waals surface area contributed by atoms with Gasteiger partial charge in [0.1, 0.15) is 17.2 Å². The lowest BCUT2D eigenvalue weighted by atomic mass is 9.49. The molecule has 3 aromatic rings. The maximum Gasteiger partial charge on any atom is 0.417 e. The van der Waals surface area contributed by atoms with Crippen molar-refractivity contribution in [2.45, 2.75) is 30.4 Å². The first-order valence-corrected chi connectivity index (χ1v) is 16.1. The van der Waals surface area contributed by atoms with E-state index in [-0.39, 0.29) is 41.5 Å². The van der Waals surface area contributed by atoms with E-state index in [1.165, 1.54) is 26.4 Å². The molecule has 3 heterocycles. The van der Waals surface area contributed by atoms with E-state index in [0.29, 0.717) is 33.4 Å². The molecule has 3 N–H and O–H groups in total. The second-order valence-electron chi connectivity index (χ2n) is 12.5. The molecule has 0 radical (unpaired) electrons. The highest BCUT2D eigenvalue weighted by Gasteiger charge is 2.70. The number of alkyl halides is 3. The second kappa shape index (κ2) is 11.9. The molecule has 1 saturated carbocycles. The fraction of sp³-hybridized carbons (Fsp3) is 0.324. The summed E-state index contributed by atoms with van der Waals surface area (Å²) in [6, 6.07) is 9.56. The number of phenolic OH excluding ortho intramolecular Hbond substituents is 1. The van der Waals surface area contributed by atoms with Gasteiger partial charge in [-0.25, -0.2) is 4.98 Å². The van der Waals surface area contributed by atoms with Crippen LogP contribution in [0.25, 0.3) is 0 Å². The number of aromatic hydroxyl groups is 1. The van der Waals surface area contributed by atoms with E-state index >= 15 is 4.79 Å². The van der Waals surface area contributed by atoms with Crippen LogP contribution >= 0.6 is 23.2 Å². The molecular formula is C34H27Cl2F3N4O7. The molecule has 3 fully saturated rings. The first kappa shape index (κ1) is 33.7. The smallest absolute Gasteiger partial charge is 0.417 e. The molecule has 16 heteroatoms. The predicted octanol–water partition coefficient (Wildman–Crippen LogP) is 5.40. The summed E-state index contributed by atoms with van der Waals surface area (Å²) >= 11 is 12.5. The van der Waals surface area contributed by atoms with Crippen LogP contribution < -0.4 is 20.2 Å². The van der Waals surface area contributed by atoms with Crippen molar-refractivity contribution in [1.29, 1.82) is 0 Å². The van der Waals surface area contributed by atoms with Crippen LogP contribution in [0.4, 0.5) is 19.0 Å². The fourth-order valence-corrected chi connectivity index (χ4v) is 8.55. The number of carbonyl (C=O) groups is 4. The summed E-state index contributed by atoms with van der Waals surface area (Å²) in [6.07, 6.45) is -2.34. The van der Waals surface area contributed by atoms with Crippen LogP contribution in [0.15, 0.2) is 60.3 Å². The van der Waals surface area contributed by atoms with Crippen LogP contribution in [0.1, 0.15) is 35.4 Å². The number of hydrogen-bond donors (Lipinski definition) is 3. The van der Waals surface area contributed by atoms with Gasteiger partial charge in [-0.2, -0.15) is 18.2 Å². The molecule has 2 aliphatic heterocycles. The highest BCUT2D eigenvalue weighted by Crippen LogP contribution is 2.66. The highest BCUT2D eigenvalue weighted by atomic mass is 35.5. The molecule has 4 amide bonds. The summed E-state index contributed by atoms with van der Waals surface area (Å²) in [7, 11) is 2.71. The van der Waals surface area contributed by atoms with Gasteiger partial charge in [0.2, 0.25) is 11.8 Å². The number of amides is 4. The standard InChI is InChI=1S/C34H27Cl2F3N4O7/c1-49-23-10-17(44)11-24(50-2)26(23)27-18-7-8-19-25(30(46)41-29(19)45)20(18)12-21-31(47)43(32(48)33(21,27)14-3-5-16(35)6-4-14)42-28-22(36)9-15(13-40-28)34(37,38)39/h3-7,9-11,13,19-21,25,27,44H,8,12H2,1-2H3,(H,40,42)(H,41,45,46)/t19-,20+,21-,25-,27+,33+/m0/s1. The summed E-state index contributed by atoms with van der Waals surface area (Å²) < 4.78 is 51.7. The van der Waals surface area contributed by atoms with Gasteiger partial charge in [-0.05, 0) is 42.5 Å². The third kappa shape index (κ3) is 4.90.